The molecule has 2 aromatic rings. The molecule has 2 rings (SSSR count). The minimum atomic E-state index is 0.792. The number of hydrogen-bond acceptors (Lipinski definition) is 3. The molecule has 0 aliphatic rings. The lowest BCUT2D eigenvalue weighted by Gasteiger charge is -2.13. The molecule has 1 aromatic heterocycles. The molecule has 0 bridgehead atoms. The number of nitrogens with zero attached hydrogens (tertiary/aromatic N) is 2. The molecule has 4 nitrogen and oxygen atoms in total. The van der Waals surface area contributed by atoms with Gasteiger partial charge in [0.2, 0.25) is 0 Å². The molecule has 0 spiro atoms. The highest BCUT2D eigenvalue weighted by Crippen LogP contribution is 2.11. The van der Waals surface area contributed by atoms with Crippen molar-refractivity contribution in [1.82, 2.24) is 15.6 Å². The van der Waals surface area contributed by atoms with Crippen LogP contribution in [0.15, 0.2) is 35.5 Å². The van der Waals surface area contributed by atoms with Gasteiger partial charge in [0.25, 0.3) is 0 Å². The fourth-order valence-corrected chi connectivity index (χ4v) is 3.07. The van der Waals surface area contributed by atoms with E-state index in [0.29, 0.717) is 0 Å². The molecule has 0 radical (unpaired) electrons. The van der Waals surface area contributed by atoms with Gasteiger partial charge in [-0.05, 0) is 24.5 Å². The van der Waals surface area contributed by atoms with Crippen LogP contribution in [0.25, 0.3) is 0 Å². The van der Waals surface area contributed by atoms with Crippen molar-refractivity contribution >= 4 is 17.3 Å². The van der Waals surface area contributed by atoms with E-state index in [4.69, 9.17) is 0 Å². The number of benzene rings is 1. The molecule has 0 saturated heterocycles. The summed E-state index contributed by atoms with van der Waals surface area (Å²) in [7, 11) is 1.80. The highest BCUT2D eigenvalue weighted by molar-refractivity contribution is 7.11. The van der Waals surface area contributed by atoms with Crippen LogP contribution in [-0.2, 0) is 19.4 Å². The van der Waals surface area contributed by atoms with Crippen molar-refractivity contribution in [2.75, 3.05) is 13.6 Å². The average molecular weight is 316 g/mol. The van der Waals surface area contributed by atoms with E-state index in [1.807, 2.05) is 6.20 Å². The second-order valence-electron chi connectivity index (χ2n) is 5.09. The molecule has 1 aromatic carbocycles. The predicted octanol–water partition coefficient (Wildman–Crippen LogP) is 2.92. The first-order chi connectivity index (χ1) is 10.7. The van der Waals surface area contributed by atoms with Gasteiger partial charge in [-0.3, -0.25) is 4.99 Å². The third kappa shape index (κ3) is 4.84. The van der Waals surface area contributed by atoms with Gasteiger partial charge in [0.15, 0.2) is 5.96 Å². The molecule has 1 heterocycles. The van der Waals surface area contributed by atoms with Gasteiger partial charge in [0, 0.05) is 37.6 Å². The number of aliphatic imine (C=N–C) groups is 1. The molecule has 0 unspecified atom stereocenters. The molecule has 0 fully saturated rings. The van der Waals surface area contributed by atoms with E-state index in [2.05, 4.69) is 58.7 Å². The molecule has 22 heavy (non-hydrogen) atoms. The highest BCUT2D eigenvalue weighted by Gasteiger charge is 2.03. The van der Waals surface area contributed by atoms with E-state index in [1.165, 1.54) is 16.0 Å². The lowest BCUT2D eigenvalue weighted by Crippen LogP contribution is -2.38. The summed E-state index contributed by atoms with van der Waals surface area (Å²) in [5, 5.41) is 7.88. The molecule has 0 atom stereocenters. The number of thiazole rings is 1. The van der Waals surface area contributed by atoms with Gasteiger partial charge >= 0.3 is 0 Å². The Morgan fingerprint density at radius 3 is 2.64 bits per heavy atom. The van der Waals surface area contributed by atoms with E-state index < -0.39 is 0 Å². The molecule has 5 heteroatoms. The van der Waals surface area contributed by atoms with E-state index in [-0.39, 0.29) is 0 Å². The molecule has 2 N–H and O–H groups in total. The van der Waals surface area contributed by atoms with E-state index in [1.54, 1.807) is 18.4 Å². The van der Waals surface area contributed by atoms with Crippen LogP contribution in [0, 0.1) is 6.92 Å². The monoisotopic (exact) mass is 316 g/mol. The molecule has 0 aliphatic heterocycles. The maximum atomic E-state index is 4.37. The Labute approximate surface area is 136 Å². The largest absolute Gasteiger partial charge is 0.356 e. The quantitative estimate of drug-likeness (QED) is 0.636. The first-order valence-corrected chi connectivity index (χ1v) is 8.47. The zero-order chi connectivity index (χ0) is 15.8. The summed E-state index contributed by atoms with van der Waals surface area (Å²) < 4.78 is 0. The first-order valence-electron chi connectivity index (χ1n) is 7.65. The van der Waals surface area contributed by atoms with E-state index in [0.717, 1.165) is 36.9 Å². The molecule has 0 saturated carbocycles. The van der Waals surface area contributed by atoms with Crippen LogP contribution in [0.3, 0.4) is 0 Å². The first kappa shape index (κ1) is 16.5. The van der Waals surface area contributed by atoms with Gasteiger partial charge in [0.05, 0.1) is 5.01 Å². The van der Waals surface area contributed by atoms with Gasteiger partial charge in [0.1, 0.15) is 0 Å². The Morgan fingerprint density at radius 1 is 1.23 bits per heavy atom. The average Bonchev–Trinajstić information content (AvgIpc) is 2.96. The third-order valence-electron chi connectivity index (χ3n) is 3.47. The normalized spacial score (nSPS) is 11.5. The third-order valence-corrected chi connectivity index (χ3v) is 4.44. The SMILES string of the molecule is CCc1ccccc1CNC(=NC)NCCc1ncc(C)s1. The molecule has 0 aliphatic carbocycles. The summed E-state index contributed by atoms with van der Waals surface area (Å²) in [5.74, 6) is 0.833. The number of aromatic nitrogens is 1. The second kappa shape index (κ2) is 8.54. The standard InChI is InChI=1S/C17H24N4S/c1-4-14-7-5-6-8-15(14)12-21-17(18-3)19-10-9-16-20-11-13(2)22-16/h5-8,11H,4,9-10,12H2,1-3H3,(H2,18,19,21). The van der Waals surface area contributed by atoms with Crippen LogP contribution in [0.5, 0.6) is 0 Å². The Kier molecular flexibility index (Phi) is 6.40. The number of hydrogen-bond donors (Lipinski definition) is 2. The highest BCUT2D eigenvalue weighted by atomic mass is 32.1. The summed E-state index contributed by atoms with van der Waals surface area (Å²) in [6, 6.07) is 8.51. The summed E-state index contributed by atoms with van der Waals surface area (Å²) in [5.41, 5.74) is 2.70. The fraction of sp³-hybridized carbons (Fsp3) is 0.412. The van der Waals surface area contributed by atoms with Gasteiger partial charge < -0.3 is 10.6 Å². The van der Waals surface area contributed by atoms with Crippen LogP contribution < -0.4 is 10.6 Å². The summed E-state index contributed by atoms with van der Waals surface area (Å²) >= 11 is 1.75. The fourth-order valence-electron chi connectivity index (χ4n) is 2.28. The predicted molar refractivity (Wildman–Crippen MR) is 94.6 cm³/mol. The lowest BCUT2D eigenvalue weighted by molar-refractivity contribution is 0.787. The molecular weight excluding hydrogens is 292 g/mol. The minimum Gasteiger partial charge on any atom is -0.356 e. The van der Waals surface area contributed by atoms with Crippen LogP contribution in [0.4, 0.5) is 0 Å². The minimum absolute atomic E-state index is 0.792. The van der Waals surface area contributed by atoms with Crippen molar-refractivity contribution in [2.24, 2.45) is 4.99 Å². The Bertz CT molecular complexity index is 619. The zero-order valence-corrected chi connectivity index (χ0v) is 14.3. The van der Waals surface area contributed by atoms with Crippen LogP contribution in [-0.4, -0.2) is 24.5 Å². The number of aryl methyl sites for hydroxylation is 2. The second-order valence-corrected chi connectivity index (χ2v) is 6.41. The van der Waals surface area contributed by atoms with Gasteiger partial charge in [-0.2, -0.15) is 0 Å². The Balaban J connectivity index is 1.80. The van der Waals surface area contributed by atoms with Crippen LogP contribution in [0.2, 0.25) is 0 Å². The lowest BCUT2D eigenvalue weighted by atomic mass is 10.1. The maximum absolute atomic E-state index is 4.37. The van der Waals surface area contributed by atoms with E-state index >= 15 is 0 Å². The van der Waals surface area contributed by atoms with Gasteiger partial charge in [-0.15, -0.1) is 11.3 Å². The van der Waals surface area contributed by atoms with Crippen LogP contribution >= 0.6 is 11.3 Å². The summed E-state index contributed by atoms with van der Waals surface area (Å²) in [6.07, 6.45) is 3.90. The van der Waals surface area contributed by atoms with Crippen molar-refractivity contribution < 1.29 is 0 Å². The summed E-state index contributed by atoms with van der Waals surface area (Å²) in [6.45, 7) is 5.89. The number of guanidine groups is 1. The number of nitrogens with one attached hydrogen (secondary N) is 2. The van der Waals surface area contributed by atoms with Gasteiger partial charge in [-0.25, -0.2) is 4.98 Å². The van der Waals surface area contributed by atoms with Crippen molar-refractivity contribution in [3.05, 3.63) is 51.5 Å². The molecular formula is C17H24N4S. The van der Waals surface area contributed by atoms with Crippen molar-refractivity contribution in [3.63, 3.8) is 0 Å². The Hall–Kier alpha value is -1.88. The van der Waals surface area contributed by atoms with Crippen molar-refractivity contribution in [1.29, 1.82) is 0 Å². The zero-order valence-electron chi connectivity index (χ0n) is 13.5. The maximum Gasteiger partial charge on any atom is 0.191 e. The van der Waals surface area contributed by atoms with Crippen LogP contribution in [0.1, 0.15) is 27.9 Å². The van der Waals surface area contributed by atoms with Crippen molar-refractivity contribution in [3.8, 4) is 0 Å². The Morgan fingerprint density at radius 2 is 2.00 bits per heavy atom. The smallest absolute Gasteiger partial charge is 0.191 e. The molecule has 0 amide bonds. The van der Waals surface area contributed by atoms with Crippen molar-refractivity contribution in [2.45, 2.75) is 33.2 Å². The topological polar surface area (TPSA) is 49.3 Å². The number of rotatable bonds is 6. The van der Waals surface area contributed by atoms with E-state index in [9.17, 15) is 0 Å². The molecule has 118 valence electrons. The van der Waals surface area contributed by atoms with Gasteiger partial charge in [-0.1, -0.05) is 31.2 Å². The summed E-state index contributed by atoms with van der Waals surface area (Å²) in [4.78, 5) is 9.90.